The monoisotopic (exact) mass is 403 g/mol. The zero-order valence-electron chi connectivity index (χ0n) is 15.6. The largest absolute Gasteiger partial charge is 0.493 e. The molecule has 0 fully saturated rings. The SMILES string of the molecule is CC[C@@H](C)Oc1c(Cl)cc(/C=N\NC(=O)c2ccc(C#N)cc2F)cc1OC. The van der Waals surface area contributed by atoms with E-state index in [2.05, 4.69) is 10.5 Å². The molecule has 28 heavy (non-hydrogen) atoms. The van der Waals surface area contributed by atoms with Crippen LogP contribution in [0.5, 0.6) is 11.5 Å². The van der Waals surface area contributed by atoms with Crippen LogP contribution in [0.25, 0.3) is 0 Å². The number of nitriles is 1. The molecular formula is C20H19ClFN3O3. The molecule has 1 N–H and O–H groups in total. The maximum absolute atomic E-state index is 13.9. The third-order valence-corrected chi connectivity index (χ3v) is 4.15. The van der Waals surface area contributed by atoms with Crippen molar-refractivity contribution in [3.8, 4) is 17.6 Å². The zero-order chi connectivity index (χ0) is 20.7. The summed E-state index contributed by atoms with van der Waals surface area (Å²) in [6, 6.07) is 8.62. The van der Waals surface area contributed by atoms with Crippen LogP contribution >= 0.6 is 11.6 Å². The zero-order valence-corrected chi connectivity index (χ0v) is 16.4. The van der Waals surface area contributed by atoms with Gasteiger partial charge in [0.25, 0.3) is 5.91 Å². The number of hydrogen-bond donors (Lipinski definition) is 1. The van der Waals surface area contributed by atoms with E-state index in [9.17, 15) is 9.18 Å². The van der Waals surface area contributed by atoms with Crippen molar-refractivity contribution in [2.75, 3.05) is 7.11 Å². The van der Waals surface area contributed by atoms with Gasteiger partial charge in [-0.1, -0.05) is 18.5 Å². The minimum atomic E-state index is -0.803. The molecule has 0 radical (unpaired) electrons. The number of carbonyl (C=O) groups excluding carboxylic acids is 1. The van der Waals surface area contributed by atoms with Crippen LogP contribution in [0.3, 0.4) is 0 Å². The van der Waals surface area contributed by atoms with Crippen molar-refractivity contribution in [2.45, 2.75) is 26.4 Å². The van der Waals surface area contributed by atoms with Gasteiger partial charge in [-0.3, -0.25) is 4.79 Å². The fourth-order valence-corrected chi connectivity index (χ4v) is 2.47. The Kier molecular flexibility index (Phi) is 7.36. The number of hydrogen-bond acceptors (Lipinski definition) is 5. The van der Waals surface area contributed by atoms with Crippen molar-refractivity contribution in [1.29, 1.82) is 5.26 Å². The molecular weight excluding hydrogens is 385 g/mol. The predicted octanol–water partition coefficient (Wildman–Crippen LogP) is 4.30. The van der Waals surface area contributed by atoms with Gasteiger partial charge in [-0.05, 0) is 49.2 Å². The molecule has 2 aromatic rings. The molecule has 0 spiro atoms. The summed E-state index contributed by atoms with van der Waals surface area (Å²) >= 11 is 6.27. The van der Waals surface area contributed by atoms with Gasteiger partial charge in [-0.2, -0.15) is 10.4 Å². The Morgan fingerprint density at radius 3 is 2.79 bits per heavy atom. The van der Waals surface area contributed by atoms with E-state index in [0.717, 1.165) is 12.5 Å². The Morgan fingerprint density at radius 2 is 2.18 bits per heavy atom. The number of ether oxygens (including phenoxy) is 2. The van der Waals surface area contributed by atoms with E-state index in [1.165, 1.54) is 25.5 Å². The molecule has 146 valence electrons. The standard InChI is InChI=1S/C20H19ClFN3O3/c1-4-12(2)28-19-16(21)7-14(9-18(19)27-3)11-24-25-20(26)15-6-5-13(10-23)8-17(15)22/h5-9,11-12H,4H2,1-3H3,(H,25,26)/b24-11-/t12-/m1/s1. The molecule has 1 amide bonds. The molecule has 0 aliphatic carbocycles. The van der Waals surface area contributed by atoms with Crippen molar-refractivity contribution < 1.29 is 18.7 Å². The second-order valence-corrected chi connectivity index (χ2v) is 6.28. The summed E-state index contributed by atoms with van der Waals surface area (Å²) in [5.41, 5.74) is 2.69. The van der Waals surface area contributed by atoms with E-state index in [1.807, 2.05) is 13.8 Å². The highest BCUT2D eigenvalue weighted by atomic mass is 35.5. The van der Waals surface area contributed by atoms with Crippen molar-refractivity contribution >= 4 is 23.7 Å². The Morgan fingerprint density at radius 1 is 1.43 bits per heavy atom. The van der Waals surface area contributed by atoms with Crippen LogP contribution < -0.4 is 14.9 Å². The van der Waals surface area contributed by atoms with Crippen LogP contribution in [0.2, 0.25) is 5.02 Å². The molecule has 0 saturated carbocycles. The van der Waals surface area contributed by atoms with E-state index < -0.39 is 11.7 Å². The van der Waals surface area contributed by atoms with E-state index in [0.29, 0.717) is 22.1 Å². The average Bonchev–Trinajstić information content (AvgIpc) is 2.69. The number of benzene rings is 2. The van der Waals surface area contributed by atoms with Gasteiger partial charge >= 0.3 is 0 Å². The van der Waals surface area contributed by atoms with Crippen molar-refractivity contribution in [2.24, 2.45) is 5.10 Å². The molecule has 0 bridgehead atoms. The minimum Gasteiger partial charge on any atom is -0.493 e. The van der Waals surface area contributed by atoms with Crippen LogP contribution in [0.1, 0.15) is 41.8 Å². The van der Waals surface area contributed by atoms with Crippen LogP contribution in [0.15, 0.2) is 35.4 Å². The van der Waals surface area contributed by atoms with Crippen LogP contribution in [-0.4, -0.2) is 25.3 Å². The Balaban J connectivity index is 2.15. The fourth-order valence-electron chi connectivity index (χ4n) is 2.21. The minimum absolute atomic E-state index is 0.0347. The van der Waals surface area contributed by atoms with Gasteiger partial charge in [-0.15, -0.1) is 0 Å². The number of halogens is 2. The summed E-state index contributed by atoms with van der Waals surface area (Å²) in [5, 5.41) is 12.9. The van der Waals surface area contributed by atoms with Gasteiger partial charge in [0.15, 0.2) is 11.5 Å². The first-order valence-electron chi connectivity index (χ1n) is 8.46. The second-order valence-electron chi connectivity index (χ2n) is 5.88. The fraction of sp³-hybridized carbons (Fsp3) is 0.250. The maximum atomic E-state index is 13.9. The summed E-state index contributed by atoms with van der Waals surface area (Å²) in [4.78, 5) is 12.0. The molecule has 2 rings (SSSR count). The molecule has 6 nitrogen and oxygen atoms in total. The lowest BCUT2D eigenvalue weighted by molar-refractivity contribution is 0.0951. The quantitative estimate of drug-likeness (QED) is 0.551. The molecule has 1 atom stereocenters. The molecule has 0 aromatic heterocycles. The Labute approximate surface area is 167 Å². The highest BCUT2D eigenvalue weighted by Crippen LogP contribution is 2.37. The highest BCUT2D eigenvalue weighted by molar-refractivity contribution is 6.32. The van der Waals surface area contributed by atoms with Gasteiger partial charge in [-0.25, -0.2) is 9.82 Å². The first-order chi connectivity index (χ1) is 13.4. The van der Waals surface area contributed by atoms with Gasteiger partial charge in [0.2, 0.25) is 0 Å². The van der Waals surface area contributed by atoms with Crippen molar-refractivity contribution in [1.82, 2.24) is 5.43 Å². The third kappa shape index (κ3) is 5.21. The molecule has 0 aliphatic heterocycles. The maximum Gasteiger partial charge on any atom is 0.274 e. The lowest BCUT2D eigenvalue weighted by Gasteiger charge is -2.17. The summed E-state index contributed by atoms with van der Waals surface area (Å²) in [6.45, 7) is 3.91. The lowest BCUT2D eigenvalue weighted by Crippen LogP contribution is -2.19. The van der Waals surface area contributed by atoms with Crippen LogP contribution in [-0.2, 0) is 0 Å². The summed E-state index contributed by atoms with van der Waals surface area (Å²) < 4.78 is 24.9. The molecule has 0 heterocycles. The van der Waals surface area contributed by atoms with E-state index in [-0.39, 0.29) is 17.2 Å². The number of nitrogens with zero attached hydrogens (tertiary/aromatic N) is 2. The number of carbonyl (C=O) groups is 1. The predicted molar refractivity (Wildman–Crippen MR) is 105 cm³/mol. The van der Waals surface area contributed by atoms with E-state index in [4.69, 9.17) is 26.3 Å². The number of hydrazone groups is 1. The van der Waals surface area contributed by atoms with Crippen molar-refractivity contribution in [3.63, 3.8) is 0 Å². The van der Waals surface area contributed by atoms with E-state index >= 15 is 0 Å². The normalized spacial score (nSPS) is 11.7. The molecule has 0 aliphatic rings. The van der Waals surface area contributed by atoms with Crippen LogP contribution in [0.4, 0.5) is 4.39 Å². The van der Waals surface area contributed by atoms with Gasteiger partial charge in [0, 0.05) is 0 Å². The first kappa shape index (κ1) is 21.2. The van der Waals surface area contributed by atoms with Gasteiger partial charge in [0.1, 0.15) is 5.82 Å². The molecule has 0 unspecified atom stereocenters. The third-order valence-electron chi connectivity index (χ3n) is 3.87. The lowest BCUT2D eigenvalue weighted by atomic mass is 10.1. The number of rotatable bonds is 7. The summed E-state index contributed by atoms with van der Waals surface area (Å²) in [5.74, 6) is -0.686. The highest BCUT2D eigenvalue weighted by Gasteiger charge is 2.14. The topological polar surface area (TPSA) is 83.7 Å². The Bertz CT molecular complexity index is 941. The first-order valence-corrected chi connectivity index (χ1v) is 8.84. The molecule has 2 aromatic carbocycles. The number of amides is 1. The Hall–Kier alpha value is -3.11. The number of methoxy groups -OCH3 is 1. The van der Waals surface area contributed by atoms with Crippen LogP contribution in [0, 0.1) is 17.1 Å². The average molecular weight is 404 g/mol. The van der Waals surface area contributed by atoms with E-state index in [1.54, 1.807) is 18.2 Å². The van der Waals surface area contributed by atoms with Crippen molar-refractivity contribution in [3.05, 3.63) is 57.9 Å². The molecule has 0 saturated heterocycles. The number of nitrogens with one attached hydrogen (secondary N) is 1. The van der Waals surface area contributed by atoms with Gasteiger partial charge < -0.3 is 9.47 Å². The smallest absolute Gasteiger partial charge is 0.274 e. The summed E-state index contributed by atoms with van der Waals surface area (Å²) in [7, 11) is 1.49. The molecule has 8 heteroatoms. The summed E-state index contributed by atoms with van der Waals surface area (Å²) in [6.07, 6.45) is 2.12. The second kappa shape index (κ2) is 9.72. The van der Waals surface area contributed by atoms with Gasteiger partial charge in [0.05, 0.1) is 41.6 Å².